The lowest BCUT2D eigenvalue weighted by Gasteiger charge is -2.30. The van der Waals surface area contributed by atoms with Crippen LogP contribution in [0.25, 0.3) is 0 Å². The predicted molar refractivity (Wildman–Crippen MR) is 60.5 cm³/mol. The lowest BCUT2D eigenvalue weighted by molar-refractivity contribution is -0.142. The molecule has 0 bridgehead atoms. The molecule has 96 valence electrons. The van der Waals surface area contributed by atoms with Gasteiger partial charge < -0.3 is 14.7 Å². The summed E-state index contributed by atoms with van der Waals surface area (Å²) in [5.41, 5.74) is 0. The molecule has 5 nitrogen and oxygen atoms in total. The highest BCUT2D eigenvalue weighted by atomic mass is 16.5. The van der Waals surface area contributed by atoms with Crippen LogP contribution in [0, 0.1) is 5.92 Å². The van der Waals surface area contributed by atoms with Crippen LogP contribution in [-0.2, 0) is 14.3 Å². The second kappa shape index (κ2) is 5.49. The maximum Gasteiger partial charge on any atom is 0.305 e. The number of nitrogens with zero attached hydrogens (tertiary/aromatic N) is 1. The Labute approximate surface area is 101 Å². The van der Waals surface area contributed by atoms with Crippen LogP contribution in [0.5, 0.6) is 0 Å². The summed E-state index contributed by atoms with van der Waals surface area (Å²) in [5.74, 6) is -0.642. The lowest BCUT2D eigenvalue weighted by atomic mass is 9.98. The van der Waals surface area contributed by atoms with Gasteiger partial charge in [-0.2, -0.15) is 0 Å². The first-order chi connectivity index (χ1) is 8.18. The third kappa shape index (κ3) is 2.97. The summed E-state index contributed by atoms with van der Waals surface area (Å²) >= 11 is 0. The molecule has 2 heterocycles. The van der Waals surface area contributed by atoms with Crippen LogP contribution in [0.3, 0.4) is 0 Å². The number of amides is 1. The van der Waals surface area contributed by atoms with Gasteiger partial charge in [-0.3, -0.25) is 9.59 Å². The largest absolute Gasteiger partial charge is 0.481 e. The molecule has 2 aliphatic rings. The SMILES string of the molecule is O=C(O)CC1CCCN1C(=O)C1CCOCC1. The number of ether oxygens (including phenoxy) is 1. The molecule has 2 saturated heterocycles. The van der Waals surface area contributed by atoms with Crippen LogP contribution in [-0.4, -0.2) is 47.7 Å². The van der Waals surface area contributed by atoms with Gasteiger partial charge in [0.2, 0.25) is 5.91 Å². The Morgan fingerprint density at radius 2 is 1.94 bits per heavy atom. The molecule has 2 fully saturated rings. The van der Waals surface area contributed by atoms with Gasteiger partial charge in [-0.25, -0.2) is 0 Å². The van der Waals surface area contributed by atoms with Crippen molar-refractivity contribution in [1.82, 2.24) is 4.90 Å². The van der Waals surface area contributed by atoms with E-state index in [2.05, 4.69) is 0 Å². The second-order valence-electron chi connectivity index (χ2n) is 4.81. The third-order valence-electron chi connectivity index (χ3n) is 3.64. The van der Waals surface area contributed by atoms with E-state index in [1.165, 1.54) is 0 Å². The summed E-state index contributed by atoms with van der Waals surface area (Å²) in [4.78, 5) is 24.8. The molecule has 0 aromatic rings. The monoisotopic (exact) mass is 241 g/mol. The standard InChI is InChI=1S/C12H19NO4/c14-11(15)8-10-2-1-5-13(10)12(16)9-3-6-17-7-4-9/h9-10H,1-8H2,(H,14,15). The van der Waals surface area contributed by atoms with E-state index in [4.69, 9.17) is 9.84 Å². The van der Waals surface area contributed by atoms with E-state index < -0.39 is 5.97 Å². The Balaban J connectivity index is 1.94. The Morgan fingerprint density at radius 1 is 1.24 bits per heavy atom. The van der Waals surface area contributed by atoms with Crippen molar-refractivity contribution in [2.45, 2.75) is 38.1 Å². The van der Waals surface area contributed by atoms with Crippen LogP contribution in [0.15, 0.2) is 0 Å². The number of hydrogen-bond acceptors (Lipinski definition) is 3. The molecule has 0 spiro atoms. The van der Waals surface area contributed by atoms with E-state index in [9.17, 15) is 9.59 Å². The molecule has 1 atom stereocenters. The Hall–Kier alpha value is -1.10. The molecule has 0 aromatic carbocycles. The van der Waals surface area contributed by atoms with Gasteiger partial charge in [-0.05, 0) is 25.7 Å². The molecule has 17 heavy (non-hydrogen) atoms. The van der Waals surface area contributed by atoms with Crippen molar-refractivity contribution in [3.8, 4) is 0 Å². The van der Waals surface area contributed by atoms with Crippen molar-refractivity contribution in [2.24, 2.45) is 5.92 Å². The lowest BCUT2D eigenvalue weighted by Crippen LogP contribution is -2.42. The zero-order valence-electron chi connectivity index (χ0n) is 9.93. The number of carboxylic acids is 1. The number of carbonyl (C=O) groups excluding carboxylic acids is 1. The zero-order chi connectivity index (χ0) is 12.3. The van der Waals surface area contributed by atoms with Gasteiger partial charge in [-0.1, -0.05) is 0 Å². The van der Waals surface area contributed by atoms with Crippen molar-refractivity contribution in [2.75, 3.05) is 19.8 Å². The first-order valence-electron chi connectivity index (χ1n) is 6.28. The Kier molecular flexibility index (Phi) is 3.99. The highest BCUT2D eigenvalue weighted by molar-refractivity contribution is 5.80. The first-order valence-corrected chi connectivity index (χ1v) is 6.28. The van der Waals surface area contributed by atoms with Crippen LogP contribution < -0.4 is 0 Å². The average Bonchev–Trinajstić information content (AvgIpc) is 2.76. The molecule has 1 unspecified atom stereocenters. The van der Waals surface area contributed by atoms with Crippen LogP contribution in [0.4, 0.5) is 0 Å². The molecule has 1 N–H and O–H groups in total. The molecule has 0 saturated carbocycles. The quantitative estimate of drug-likeness (QED) is 0.796. The number of carbonyl (C=O) groups is 2. The van der Waals surface area contributed by atoms with Crippen molar-refractivity contribution < 1.29 is 19.4 Å². The van der Waals surface area contributed by atoms with Gasteiger partial charge in [0.1, 0.15) is 0 Å². The van der Waals surface area contributed by atoms with E-state index >= 15 is 0 Å². The van der Waals surface area contributed by atoms with E-state index in [1.54, 1.807) is 4.90 Å². The summed E-state index contributed by atoms with van der Waals surface area (Å²) in [7, 11) is 0. The minimum absolute atomic E-state index is 0.0399. The maximum atomic E-state index is 12.3. The Morgan fingerprint density at radius 3 is 2.59 bits per heavy atom. The molecular formula is C12H19NO4. The first kappa shape index (κ1) is 12.4. The van der Waals surface area contributed by atoms with Gasteiger partial charge in [0.25, 0.3) is 0 Å². The molecule has 0 radical (unpaired) electrons. The topological polar surface area (TPSA) is 66.8 Å². The fraction of sp³-hybridized carbons (Fsp3) is 0.833. The van der Waals surface area contributed by atoms with Gasteiger partial charge in [0.05, 0.1) is 6.42 Å². The second-order valence-corrected chi connectivity index (χ2v) is 4.81. The summed E-state index contributed by atoms with van der Waals surface area (Å²) in [6.45, 7) is 2.01. The smallest absolute Gasteiger partial charge is 0.305 e. The van der Waals surface area contributed by atoms with E-state index in [0.717, 1.165) is 25.7 Å². The van der Waals surface area contributed by atoms with Crippen LogP contribution in [0.2, 0.25) is 0 Å². The molecule has 1 amide bonds. The number of carboxylic acid groups (broad SMARTS) is 1. The minimum Gasteiger partial charge on any atom is -0.481 e. The fourth-order valence-electron chi connectivity index (χ4n) is 2.72. The predicted octanol–water partition coefficient (Wildman–Crippen LogP) is 0.879. The average molecular weight is 241 g/mol. The molecule has 0 aromatic heterocycles. The van der Waals surface area contributed by atoms with Gasteiger partial charge in [0, 0.05) is 31.7 Å². The number of rotatable bonds is 3. The molecular weight excluding hydrogens is 222 g/mol. The zero-order valence-corrected chi connectivity index (χ0v) is 9.93. The van der Waals surface area contributed by atoms with Gasteiger partial charge in [-0.15, -0.1) is 0 Å². The van der Waals surface area contributed by atoms with Gasteiger partial charge >= 0.3 is 5.97 Å². The Bertz CT molecular complexity index is 299. The summed E-state index contributed by atoms with van der Waals surface area (Å²) in [6.07, 6.45) is 3.37. The molecule has 2 rings (SSSR count). The van der Waals surface area contributed by atoms with E-state index in [0.29, 0.717) is 19.8 Å². The minimum atomic E-state index is -0.818. The van der Waals surface area contributed by atoms with Crippen molar-refractivity contribution in [3.63, 3.8) is 0 Å². The highest BCUT2D eigenvalue weighted by Gasteiger charge is 2.34. The van der Waals surface area contributed by atoms with E-state index in [-0.39, 0.29) is 24.3 Å². The molecule has 5 heteroatoms. The third-order valence-corrected chi connectivity index (χ3v) is 3.64. The summed E-state index contributed by atoms with van der Waals surface area (Å²) in [6, 6.07) is -0.0946. The highest BCUT2D eigenvalue weighted by Crippen LogP contribution is 2.25. The van der Waals surface area contributed by atoms with Gasteiger partial charge in [0.15, 0.2) is 0 Å². The molecule has 2 aliphatic heterocycles. The normalized spacial score (nSPS) is 26.1. The number of hydrogen-bond donors (Lipinski definition) is 1. The summed E-state index contributed by atoms with van der Waals surface area (Å²) < 4.78 is 5.24. The number of aliphatic carboxylic acids is 1. The number of likely N-dealkylation sites (tertiary alicyclic amines) is 1. The van der Waals surface area contributed by atoms with Crippen molar-refractivity contribution in [1.29, 1.82) is 0 Å². The van der Waals surface area contributed by atoms with E-state index in [1.807, 2.05) is 0 Å². The van der Waals surface area contributed by atoms with Crippen LogP contribution >= 0.6 is 0 Å². The van der Waals surface area contributed by atoms with Crippen molar-refractivity contribution in [3.05, 3.63) is 0 Å². The molecule has 0 aliphatic carbocycles. The van der Waals surface area contributed by atoms with Crippen LogP contribution in [0.1, 0.15) is 32.1 Å². The fourth-order valence-corrected chi connectivity index (χ4v) is 2.72. The maximum absolute atomic E-state index is 12.3. The van der Waals surface area contributed by atoms with Crippen molar-refractivity contribution >= 4 is 11.9 Å². The summed E-state index contributed by atoms with van der Waals surface area (Å²) in [5, 5.41) is 8.83.